The zero-order chi connectivity index (χ0) is 10.8. The van der Waals surface area contributed by atoms with Crippen LogP contribution < -0.4 is 0 Å². The Balaban J connectivity index is 2.49. The first-order chi connectivity index (χ1) is 7.16. The zero-order valence-corrected chi connectivity index (χ0v) is 8.99. The van der Waals surface area contributed by atoms with Crippen molar-refractivity contribution in [3.05, 3.63) is 47.1 Å². The molecule has 0 bridgehead atoms. The molecule has 0 radical (unpaired) electrons. The first-order valence-electron chi connectivity index (χ1n) is 4.58. The Morgan fingerprint density at radius 2 is 2.00 bits per heavy atom. The number of aromatic nitrogens is 1. The Morgan fingerprint density at radius 3 is 2.60 bits per heavy atom. The van der Waals surface area contributed by atoms with Crippen molar-refractivity contribution in [3.8, 4) is 17.0 Å². The first-order valence-corrected chi connectivity index (χ1v) is 4.96. The molecular weight excluding hydrogens is 210 g/mol. The van der Waals surface area contributed by atoms with Gasteiger partial charge in [0.15, 0.2) is 0 Å². The van der Waals surface area contributed by atoms with Gasteiger partial charge in [-0.1, -0.05) is 11.6 Å². The molecule has 0 aliphatic heterocycles. The van der Waals surface area contributed by atoms with Gasteiger partial charge in [-0.15, -0.1) is 0 Å². The molecule has 0 fully saturated rings. The molecule has 0 saturated carbocycles. The minimum absolute atomic E-state index is 0.269. The number of aryl methyl sites for hydroxylation is 1. The molecule has 2 aromatic rings. The van der Waals surface area contributed by atoms with E-state index in [1.807, 2.05) is 19.1 Å². The van der Waals surface area contributed by atoms with Gasteiger partial charge >= 0.3 is 0 Å². The van der Waals surface area contributed by atoms with Gasteiger partial charge in [-0.25, -0.2) is 0 Å². The van der Waals surface area contributed by atoms with Crippen LogP contribution in [0.5, 0.6) is 5.75 Å². The molecule has 2 nitrogen and oxygen atoms in total. The molecule has 0 unspecified atom stereocenters. The number of nitrogens with zero attached hydrogens (tertiary/aromatic N) is 1. The van der Waals surface area contributed by atoms with E-state index >= 15 is 0 Å². The third kappa shape index (κ3) is 2.10. The SMILES string of the molecule is Cc1cc(O)ccc1-c1ccc(Cl)cn1. The minimum atomic E-state index is 0.269. The third-order valence-electron chi connectivity index (χ3n) is 2.21. The second kappa shape index (κ2) is 3.91. The number of aromatic hydroxyl groups is 1. The lowest BCUT2D eigenvalue weighted by Gasteiger charge is -2.05. The van der Waals surface area contributed by atoms with Gasteiger partial charge in [0, 0.05) is 11.8 Å². The van der Waals surface area contributed by atoms with Gasteiger partial charge in [-0.2, -0.15) is 0 Å². The molecule has 0 atom stereocenters. The maximum Gasteiger partial charge on any atom is 0.115 e. The fourth-order valence-electron chi connectivity index (χ4n) is 1.47. The molecule has 0 aliphatic carbocycles. The van der Waals surface area contributed by atoms with Crippen LogP contribution in [0.1, 0.15) is 5.56 Å². The van der Waals surface area contributed by atoms with E-state index in [2.05, 4.69) is 4.98 Å². The van der Waals surface area contributed by atoms with Crippen molar-refractivity contribution in [2.24, 2.45) is 0 Å². The summed E-state index contributed by atoms with van der Waals surface area (Å²) < 4.78 is 0. The second-order valence-corrected chi connectivity index (χ2v) is 3.80. The summed E-state index contributed by atoms with van der Waals surface area (Å²) >= 11 is 5.76. The second-order valence-electron chi connectivity index (χ2n) is 3.36. The lowest BCUT2D eigenvalue weighted by molar-refractivity contribution is 0.475. The predicted octanol–water partition coefficient (Wildman–Crippen LogP) is 3.42. The van der Waals surface area contributed by atoms with E-state index in [9.17, 15) is 5.11 Å². The van der Waals surface area contributed by atoms with Crippen molar-refractivity contribution in [3.63, 3.8) is 0 Å². The van der Waals surface area contributed by atoms with E-state index in [0.717, 1.165) is 16.8 Å². The van der Waals surface area contributed by atoms with Gasteiger partial charge in [0.25, 0.3) is 0 Å². The molecule has 0 aliphatic rings. The number of hydrogen-bond donors (Lipinski definition) is 1. The summed E-state index contributed by atoms with van der Waals surface area (Å²) in [6, 6.07) is 8.88. The molecule has 1 N–H and O–H groups in total. The standard InChI is InChI=1S/C12H10ClNO/c1-8-6-10(15)3-4-11(8)12-5-2-9(13)7-14-12/h2-7,15H,1H3. The Morgan fingerprint density at radius 1 is 1.20 bits per heavy atom. The largest absolute Gasteiger partial charge is 0.508 e. The van der Waals surface area contributed by atoms with Crippen LogP contribution in [0, 0.1) is 6.92 Å². The highest BCUT2D eigenvalue weighted by atomic mass is 35.5. The van der Waals surface area contributed by atoms with Crippen LogP contribution >= 0.6 is 11.6 Å². The number of rotatable bonds is 1. The van der Waals surface area contributed by atoms with Gasteiger partial charge in [0.05, 0.1) is 10.7 Å². The lowest BCUT2D eigenvalue weighted by atomic mass is 10.1. The van der Waals surface area contributed by atoms with Crippen LogP contribution in [0.2, 0.25) is 5.02 Å². The third-order valence-corrected chi connectivity index (χ3v) is 2.44. The van der Waals surface area contributed by atoms with Gasteiger partial charge in [-0.3, -0.25) is 4.98 Å². The Labute approximate surface area is 93.2 Å². The molecule has 1 aromatic heterocycles. The fraction of sp³-hybridized carbons (Fsp3) is 0.0833. The number of phenolic OH excluding ortho intramolecular Hbond substituents is 1. The highest BCUT2D eigenvalue weighted by molar-refractivity contribution is 6.30. The van der Waals surface area contributed by atoms with E-state index < -0.39 is 0 Å². The maximum atomic E-state index is 9.29. The lowest BCUT2D eigenvalue weighted by Crippen LogP contribution is -1.86. The molecule has 3 heteroatoms. The monoisotopic (exact) mass is 219 g/mol. The summed E-state index contributed by atoms with van der Waals surface area (Å²) in [5, 5.41) is 9.91. The number of pyridine rings is 1. The Hall–Kier alpha value is -1.54. The Kier molecular flexibility index (Phi) is 2.60. The van der Waals surface area contributed by atoms with Crippen LogP contribution in [-0.4, -0.2) is 10.1 Å². The smallest absolute Gasteiger partial charge is 0.115 e. The van der Waals surface area contributed by atoms with E-state index in [-0.39, 0.29) is 5.75 Å². The normalized spacial score (nSPS) is 10.3. The summed E-state index contributed by atoms with van der Waals surface area (Å²) in [6.07, 6.45) is 1.61. The fourth-order valence-corrected chi connectivity index (χ4v) is 1.58. The Bertz CT molecular complexity index is 479. The molecular formula is C12H10ClNO. The van der Waals surface area contributed by atoms with Gasteiger partial charge < -0.3 is 5.11 Å². The van der Waals surface area contributed by atoms with Crippen LogP contribution in [-0.2, 0) is 0 Å². The van der Waals surface area contributed by atoms with Crippen LogP contribution in [0.25, 0.3) is 11.3 Å². The molecule has 0 spiro atoms. The van der Waals surface area contributed by atoms with Crippen LogP contribution in [0.4, 0.5) is 0 Å². The number of phenols is 1. The van der Waals surface area contributed by atoms with Crippen molar-refractivity contribution in [1.29, 1.82) is 0 Å². The molecule has 2 rings (SSSR count). The highest BCUT2D eigenvalue weighted by Crippen LogP contribution is 2.25. The maximum absolute atomic E-state index is 9.29. The van der Waals surface area contributed by atoms with Gasteiger partial charge in [0.2, 0.25) is 0 Å². The minimum Gasteiger partial charge on any atom is -0.508 e. The van der Waals surface area contributed by atoms with Crippen molar-refractivity contribution < 1.29 is 5.11 Å². The molecule has 15 heavy (non-hydrogen) atoms. The average molecular weight is 220 g/mol. The van der Waals surface area contributed by atoms with Crippen molar-refractivity contribution >= 4 is 11.6 Å². The zero-order valence-electron chi connectivity index (χ0n) is 8.24. The summed E-state index contributed by atoms with van der Waals surface area (Å²) in [4.78, 5) is 4.23. The highest BCUT2D eigenvalue weighted by Gasteiger charge is 2.03. The molecule has 1 aromatic carbocycles. The predicted molar refractivity (Wildman–Crippen MR) is 61.1 cm³/mol. The molecule has 0 amide bonds. The van der Waals surface area contributed by atoms with Gasteiger partial charge in [0.1, 0.15) is 5.75 Å². The average Bonchev–Trinajstić information content (AvgIpc) is 2.20. The number of halogens is 1. The van der Waals surface area contributed by atoms with E-state index in [0.29, 0.717) is 5.02 Å². The van der Waals surface area contributed by atoms with E-state index in [4.69, 9.17) is 11.6 Å². The van der Waals surface area contributed by atoms with Gasteiger partial charge in [-0.05, 0) is 42.8 Å². The van der Waals surface area contributed by atoms with Crippen LogP contribution in [0.3, 0.4) is 0 Å². The van der Waals surface area contributed by atoms with Crippen LogP contribution in [0.15, 0.2) is 36.5 Å². The molecule has 0 saturated heterocycles. The summed E-state index contributed by atoms with van der Waals surface area (Å²) in [6.45, 7) is 1.94. The summed E-state index contributed by atoms with van der Waals surface area (Å²) in [5.74, 6) is 0.269. The van der Waals surface area contributed by atoms with Crippen molar-refractivity contribution in [2.75, 3.05) is 0 Å². The summed E-state index contributed by atoms with van der Waals surface area (Å²) in [7, 11) is 0. The van der Waals surface area contributed by atoms with E-state index in [1.54, 1.807) is 24.4 Å². The summed E-state index contributed by atoms with van der Waals surface area (Å²) in [5.41, 5.74) is 2.85. The topological polar surface area (TPSA) is 33.1 Å². The van der Waals surface area contributed by atoms with Crippen molar-refractivity contribution in [2.45, 2.75) is 6.92 Å². The first kappa shape index (κ1) is 9.99. The van der Waals surface area contributed by atoms with E-state index in [1.165, 1.54) is 0 Å². The molecule has 76 valence electrons. The quantitative estimate of drug-likeness (QED) is 0.797. The number of hydrogen-bond acceptors (Lipinski definition) is 2. The molecule has 1 heterocycles. The number of benzene rings is 1. The van der Waals surface area contributed by atoms with Crippen molar-refractivity contribution in [1.82, 2.24) is 4.98 Å².